The van der Waals surface area contributed by atoms with Gasteiger partial charge in [-0.3, -0.25) is 0 Å². The molecule has 4 rings (SSSR count). The molecule has 0 N–H and O–H groups in total. The largest absolute Gasteiger partial charge is 0.372 e. The molecule has 0 atom stereocenters. The molecular formula is C76H92N12. The van der Waals surface area contributed by atoms with Crippen molar-refractivity contribution in [2.45, 2.75) is 158 Å². The van der Waals surface area contributed by atoms with Crippen LogP contribution in [0.4, 0.5) is 22.7 Å². The number of benzene rings is 4. The van der Waals surface area contributed by atoms with Gasteiger partial charge in [0.1, 0.15) is 70.8 Å². The molecule has 0 aliphatic rings. The van der Waals surface area contributed by atoms with Crippen molar-refractivity contribution >= 4 is 45.0 Å². The molecule has 0 unspecified atom stereocenters. The first kappa shape index (κ1) is 72.7. The highest BCUT2D eigenvalue weighted by Crippen LogP contribution is 2.32. The fraction of sp³-hybridized carbons (Fsp3) is 0.421. The van der Waals surface area contributed by atoms with Crippen LogP contribution < -0.4 is 19.6 Å². The smallest absolute Gasteiger partial charge is 0.137 e. The van der Waals surface area contributed by atoms with Crippen molar-refractivity contribution in [1.29, 1.82) is 42.1 Å². The molecule has 0 amide bonds. The van der Waals surface area contributed by atoms with Crippen LogP contribution in [0, 0.1) is 90.6 Å². The van der Waals surface area contributed by atoms with Crippen LogP contribution >= 0.6 is 0 Å². The Kier molecular flexibility index (Phi) is 35.6. The average molecular weight is 1170 g/mol. The summed E-state index contributed by atoms with van der Waals surface area (Å²) in [7, 11) is 0. The van der Waals surface area contributed by atoms with Crippen LogP contribution in [0.15, 0.2) is 144 Å². The molecule has 0 fully saturated rings. The summed E-state index contributed by atoms with van der Waals surface area (Å²) < 4.78 is 0. The van der Waals surface area contributed by atoms with Gasteiger partial charge in [-0.15, -0.1) is 0 Å². The summed E-state index contributed by atoms with van der Waals surface area (Å²) in [5, 5.41) is 78.3. The Balaban J connectivity index is 0.000000460. The molecule has 0 aromatic heterocycles. The highest BCUT2D eigenvalue weighted by Gasteiger charge is 2.16. The van der Waals surface area contributed by atoms with Crippen LogP contribution in [-0.2, 0) is 0 Å². The van der Waals surface area contributed by atoms with Crippen molar-refractivity contribution in [1.82, 2.24) is 0 Å². The van der Waals surface area contributed by atoms with E-state index in [1.807, 2.05) is 146 Å². The summed E-state index contributed by atoms with van der Waals surface area (Å²) in [6.07, 6.45) is 24.5. The monoisotopic (exact) mass is 1170 g/mol. The molecule has 4 aromatic carbocycles. The van der Waals surface area contributed by atoms with Gasteiger partial charge in [-0.25, -0.2) is 0 Å². The number of allylic oxidation sites excluding steroid dienone is 12. The number of hydrogen-bond donors (Lipinski definition) is 0. The van der Waals surface area contributed by atoms with Gasteiger partial charge in [0.25, 0.3) is 0 Å². The molecule has 0 heterocycles. The summed E-state index contributed by atoms with van der Waals surface area (Å²) in [6.45, 7) is 25.3. The van der Waals surface area contributed by atoms with Crippen LogP contribution in [0.1, 0.15) is 180 Å². The Morgan fingerprint density at radius 2 is 0.386 bits per heavy atom. The SMILES string of the molecule is CCCCN(CCCC)c1ccc(C(/C=C/C(=C(C#N)C#N)c2ccc(N(CCCC)CCCC)cc2)=C(C#N)C#N)cc1.CCCCN(CCCC)c1ccc(C(/C=C/C(=C(C#N)C#N)c2ccc(N(CCCC)CCCC)cc2)=C(C#N)C#N)cc1. The van der Waals surface area contributed by atoms with Crippen molar-refractivity contribution < 1.29 is 0 Å². The summed E-state index contributed by atoms with van der Waals surface area (Å²) in [4.78, 5) is 9.53. The fourth-order valence-corrected chi connectivity index (χ4v) is 9.89. The summed E-state index contributed by atoms with van der Waals surface area (Å²) >= 11 is 0. The van der Waals surface area contributed by atoms with E-state index in [4.69, 9.17) is 0 Å². The highest BCUT2D eigenvalue weighted by atomic mass is 15.1. The standard InChI is InChI=1S/2C38H46N6/c2*1-5-9-23-43(24-10-6-2)35-17-13-31(14-18-35)37(33(27-39)28-40)21-22-38(34(29-41)30-42)32-15-19-36(20-16-32)44(25-11-7-3)26-12-8-4/h2*13-22H,5-12,23-26H2,1-4H3/b2*22-21+. The van der Waals surface area contributed by atoms with E-state index in [-0.39, 0.29) is 22.3 Å². The van der Waals surface area contributed by atoms with Crippen LogP contribution in [0.25, 0.3) is 22.3 Å². The summed E-state index contributed by atoms with van der Waals surface area (Å²) in [5.74, 6) is 0. The van der Waals surface area contributed by atoms with Crippen LogP contribution in [0.5, 0.6) is 0 Å². The molecule has 0 saturated heterocycles. The molecule has 0 radical (unpaired) electrons. The summed E-state index contributed by atoms with van der Waals surface area (Å²) in [6, 6.07) is 47.9. The van der Waals surface area contributed by atoms with Gasteiger partial charge in [-0.1, -0.05) is 180 Å². The second-order valence-corrected chi connectivity index (χ2v) is 21.7. The maximum atomic E-state index is 9.79. The Morgan fingerprint density at radius 3 is 0.500 bits per heavy atom. The van der Waals surface area contributed by atoms with Crippen molar-refractivity contribution in [2.24, 2.45) is 0 Å². The Bertz CT molecular complexity index is 2770. The number of nitrogens with zero attached hydrogens (tertiary/aromatic N) is 12. The lowest BCUT2D eigenvalue weighted by atomic mass is 9.95. The molecule has 0 saturated carbocycles. The maximum Gasteiger partial charge on any atom is 0.137 e. The molecule has 0 bridgehead atoms. The van der Waals surface area contributed by atoms with E-state index in [1.165, 1.54) is 0 Å². The van der Waals surface area contributed by atoms with E-state index in [0.29, 0.717) is 22.3 Å². The molecule has 0 spiro atoms. The van der Waals surface area contributed by atoms with Gasteiger partial charge in [0.05, 0.1) is 0 Å². The predicted octanol–water partition coefficient (Wildman–Crippen LogP) is 18.7. The minimum absolute atomic E-state index is 0.0320. The number of anilines is 4. The highest BCUT2D eigenvalue weighted by molar-refractivity contribution is 5.90. The average Bonchev–Trinajstić information content (AvgIpc) is 2.58. The zero-order valence-corrected chi connectivity index (χ0v) is 53.9. The number of rotatable bonds is 36. The van der Waals surface area contributed by atoms with E-state index in [0.717, 1.165) is 200 Å². The van der Waals surface area contributed by atoms with Crippen molar-refractivity contribution in [3.8, 4) is 48.6 Å². The quantitative estimate of drug-likeness (QED) is 0.0308. The first-order valence-electron chi connectivity index (χ1n) is 32.0. The minimum Gasteiger partial charge on any atom is -0.372 e. The van der Waals surface area contributed by atoms with Crippen LogP contribution in [0.3, 0.4) is 0 Å². The van der Waals surface area contributed by atoms with Gasteiger partial charge in [-0.05, 0) is 122 Å². The van der Waals surface area contributed by atoms with Gasteiger partial charge in [-0.2, -0.15) is 42.1 Å². The second kappa shape index (κ2) is 43.1. The van der Waals surface area contributed by atoms with Gasteiger partial charge in [0.2, 0.25) is 0 Å². The first-order chi connectivity index (χ1) is 43.0. The van der Waals surface area contributed by atoms with Gasteiger partial charge in [0.15, 0.2) is 0 Å². The molecule has 0 aliphatic heterocycles. The minimum atomic E-state index is -0.0320. The first-order valence-corrected chi connectivity index (χ1v) is 32.0. The lowest BCUT2D eigenvalue weighted by Gasteiger charge is -2.25. The lowest BCUT2D eigenvalue weighted by molar-refractivity contribution is 0.678. The van der Waals surface area contributed by atoms with Gasteiger partial charge < -0.3 is 19.6 Å². The molecule has 88 heavy (non-hydrogen) atoms. The molecule has 12 nitrogen and oxygen atoms in total. The van der Waals surface area contributed by atoms with Crippen molar-refractivity contribution in [3.05, 3.63) is 166 Å². The predicted molar refractivity (Wildman–Crippen MR) is 365 cm³/mol. The van der Waals surface area contributed by atoms with E-state index in [2.05, 4.69) is 75.0 Å². The number of hydrogen-bond acceptors (Lipinski definition) is 12. The Morgan fingerprint density at radius 1 is 0.250 bits per heavy atom. The number of unbranched alkanes of at least 4 members (excludes halogenated alkanes) is 8. The van der Waals surface area contributed by atoms with E-state index < -0.39 is 0 Å². The third kappa shape index (κ3) is 23.4. The Hall–Kier alpha value is -9.56. The number of nitriles is 8. The van der Waals surface area contributed by atoms with Crippen molar-refractivity contribution in [3.63, 3.8) is 0 Å². The third-order valence-electron chi connectivity index (χ3n) is 15.2. The van der Waals surface area contributed by atoms with Crippen LogP contribution in [-0.4, -0.2) is 52.4 Å². The Labute approximate surface area is 529 Å². The zero-order valence-electron chi connectivity index (χ0n) is 53.9. The van der Waals surface area contributed by atoms with E-state index >= 15 is 0 Å². The zero-order chi connectivity index (χ0) is 64.3. The normalized spacial score (nSPS) is 10.3. The molecule has 456 valence electrons. The fourth-order valence-electron chi connectivity index (χ4n) is 9.89. The van der Waals surface area contributed by atoms with Gasteiger partial charge >= 0.3 is 0 Å². The topological polar surface area (TPSA) is 203 Å². The maximum absolute atomic E-state index is 9.79. The second-order valence-electron chi connectivity index (χ2n) is 21.7. The molecule has 12 heteroatoms. The van der Waals surface area contributed by atoms with E-state index in [9.17, 15) is 42.1 Å². The third-order valence-corrected chi connectivity index (χ3v) is 15.2. The lowest BCUT2D eigenvalue weighted by Crippen LogP contribution is -2.25. The summed E-state index contributed by atoms with van der Waals surface area (Å²) in [5.41, 5.74) is 9.00. The molecule has 4 aromatic rings. The molecular weight excluding hydrogens is 1080 g/mol. The van der Waals surface area contributed by atoms with Crippen LogP contribution in [0.2, 0.25) is 0 Å². The van der Waals surface area contributed by atoms with Gasteiger partial charge in [0, 0.05) is 97.4 Å². The van der Waals surface area contributed by atoms with Crippen molar-refractivity contribution in [2.75, 3.05) is 72.0 Å². The molecule has 0 aliphatic carbocycles. The van der Waals surface area contributed by atoms with E-state index in [1.54, 1.807) is 24.3 Å².